The second-order valence-corrected chi connectivity index (χ2v) is 7.49. The second-order valence-electron chi connectivity index (χ2n) is 7.49. The molecule has 0 atom stereocenters. The van der Waals surface area contributed by atoms with Gasteiger partial charge in [0.25, 0.3) is 0 Å². The minimum absolute atomic E-state index is 0.00456. The van der Waals surface area contributed by atoms with Gasteiger partial charge in [-0.25, -0.2) is 13.2 Å². The van der Waals surface area contributed by atoms with Crippen LogP contribution in [0.4, 0.5) is 17.6 Å². The fourth-order valence-electron chi connectivity index (χ4n) is 3.83. The Morgan fingerprint density at radius 3 is 2.06 bits per heavy atom. The van der Waals surface area contributed by atoms with Crippen molar-refractivity contribution < 1.29 is 26.7 Å². The Kier molecular flexibility index (Phi) is 5.90. The van der Waals surface area contributed by atoms with E-state index in [1.54, 1.807) is 19.1 Å². The molecule has 4 rings (SSSR count). The van der Waals surface area contributed by atoms with Crippen LogP contribution in [0.5, 0.6) is 5.75 Å². The maximum atomic E-state index is 15.0. The summed E-state index contributed by atoms with van der Waals surface area (Å²) in [7, 11) is 0. The maximum Gasteiger partial charge on any atom is 0.201 e. The predicted octanol–water partition coefficient (Wildman–Crippen LogP) is 7.94. The number of hydrogen-bond acceptors (Lipinski definition) is 2. The Morgan fingerprint density at radius 2 is 1.42 bits per heavy atom. The molecular formula is C25H22F4O2. The fourth-order valence-corrected chi connectivity index (χ4v) is 3.83. The van der Waals surface area contributed by atoms with Crippen LogP contribution < -0.4 is 4.74 Å². The smallest absolute Gasteiger partial charge is 0.201 e. The third-order valence-corrected chi connectivity index (χ3v) is 5.41. The number of fused-ring (bicyclic) bond motifs is 3. The summed E-state index contributed by atoms with van der Waals surface area (Å²) in [5, 5.41) is -0.864. The lowest BCUT2D eigenvalue weighted by Crippen LogP contribution is -1.97. The van der Waals surface area contributed by atoms with Crippen LogP contribution in [0.2, 0.25) is 0 Å². The molecule has 0 fully saturated rings. The van der Waals surface area contributed by atoms with E-state index in [0.29, 0.717) is 5.56 Å². The summed E-state index contributed by atoms with van der Waals surface area (Å²) >= 11 is 0. The predicted molar refractivity (Wildman–Crippen MR) is 113 cm³/mol. The molecule has 2 nitrogen and oxygen atoms in total. The van der Waals surface area contributed by atoms with Gasteiger partial charge in [0.1, 0.15) is 11.2 Å². The first-order valence-corrected chi connectivity index (χ1v) is 10.4. The van der Waals surface area contributed by atoms with Gasteiger partial charge < -0.3 is 9.15 Å². The van der Waals surface area contributed by atoms with Gasteiger partial charge in [-0.2, -0.15) is 4.39 Å². The zero-order valence-electron chi connectivity index (χ0n) is 17.3. The van der Waals surface area contributed by atoms with Crippen LogP contribution >= 0.6 is 0 Å². The standard InChI is InChI=1S/C25H22F4O2/c1-3-5-6-7-14-8-10-15(11-9-14)16-12-17-20(24(28)22(16)26)21-18(31-17)13-19(30-4-2)23(27)25(21)29/h8-13H,3-7H2,1-2H3. The monoisotopic (exact) mass is 430 g/mol. The van der Waals surface area contributed by atoms with E-state index in [9.17, 15) is 17.6 Å². The van der Waals surface area contributed by atoms with Crippen molar-refractivity contribution in [2.45, 2.75) is 39.5 Å². The molecule has 0 bridgehead atoms. The number of rotatable bonds is 7. The number of unbranched alkanes of at least 4 members (excludes halogenated alkanes) is 2. The first kappa shape index (κ1) is 21.2. The van der Waals surface area contributed by atoms with Crippen molar-refractivity contribution in [3.05, 3.63) is 65.2 Å². The van der Waals surface area contributed by atoms with E-state index < -0.39 is 34.0 Å². The van der Waals surface area contributed by atoms with Gasteiger partial charge in [-0.15, -0.1) is 0 Å². The zero-order valence-corrected chi connectivity index (χ0v) is 17.3. The van der Waals surface area contributed by atoms with Crippen molar-refractivity contribution in [3.8, 4) is 16.9 Å². The second kappa shape index (κ2) is 8.61. The van der Waals surface area contributed by atoms with Crippen LogP contribution in [0.3, 0.4) is 0 Å². The van der Waals surface area contributed by atoms with Crippen molar-refractivity contribution in [3.63, 3.8) is 0 Å². The van der Waals surface area contributed by atoms with Crippen LogP contribution in [0.15, 0.2) is 40.8 Å². The topological polar surface area (TPSA) is 22.4 Å². The molecule has 162 valence electrons. The summed E-state index contributed by atoms with van der Waals surface area (Å²) in [5.41, 5.74) is 1.40. The molecular weight excluding hydrogens is 408 g/mol. The van der Waals surface area contributed by atoms with Crippen molar-refractivity contribution in [1.29, 1.82) is 0 Å². The highest BCUT2D eigenvalue weighted by atomic mass is 19.2. The van der Waals surface area contributed by atoms with Crippen LogP contribution in [-0.4, -0.2) is 6.61 Å². The van der Waals surface area contributed by atoms with E-state index in [1.807, 2.05) is 12.1 Å². The molecule has 0 saturated carbocycles. The van der Waals surface area contributed by atoms with Crippen LogP contribution in [0, 0.1) is 23.3 Å². The molecule has 0 radical (unpaired) electrons. The Bertz CT molecular complexity index is 1240. The van der Waals surface area contributed by atoms with Crippen LogP contribution in [-0.2, 0) is 6.42 Å². The molecule has 1 heterocycles. The average Bonchev–Trinajstić information content (AvgIpc) is 3.14. The number of halogens is 4. The van der Waals surface area contributed by atoms with Crippen LogP contribution in [0.25, 0.3) is 33.1 Å². The highest BCUT2D eigenvalue weighted by Gasteiger charge is 2.25. The van der Waals surface area contributed by atoms with Crippen molar-refractivity contribution in [1.82, 2.24) is 0 Å². The van der Waals surface area contributed by atoms with Crippen molar-refractivity contribution in [2.24, 2.45) is 0 Å². The summed E-state index contributed by atoms with van der Waals surface area (Å²) in [6.45, 7) is 3.87. The van der Waals surface area contributed by atoms with Gasteiger partial charge in [-0.1, -0.05) is 44.0 Å². The van der Waals surface area contributed by atoms with Crippen molar-refractivity contribution in [2.75, 3.05) is 6.61 Å². The molecule has 3 aromatic carbocycles. The highest BCUT2D eigenvalue weighted by Crippen LogP contribution is 2.40. The quantitative estimate of drug-likeness (QED) is 0.219. The fraction of sp³-hybridized carbons (Fsp3) is 0.280. The summed E-state index contributed by atoms with van der Waals surface area (Å²) in [5.74, 6) is -5.35. The summed E-state index contributed by atoms with van der Waals surface area (Å²) in [6.07, 6.45) is 4.24. The van der Waals surface area contributed by atoms with E-state index >= 15 is 0 Å². The highest BCUT2D eigenvalue weighted by molar-refractivity contribution is 6.07. The van der Waals surface area contributed by atoms with Gasteiger partial charge in [0, 0.05) is 11.6 Å². The number of benzene rings is 3. The molecule has 0 N–H and O–H groups in total. The Hall–Kier alpha value is -3.02. The molecule has 0 aliphatic rings. The lowest BCUT2D eigenvalue weighted by molar-refractivity contribution is 0.315. The molecule has 0 aliphatic carbocycles. The van der Waals surface area contributed by atoms with E-state index in [1.165, 1.54) is 6.07 Å². The number of hydrogen-bond donors (Lipinski definition) is 0. The molecule has 0 saturated heterocycles. The van der Waals surface area contributed by atoms with Gasteiger partial charge in [0.05, 0.1) is 17.4 Å². The number of ether oxygens (including phenoxy) is 1. The van der Waals surface area contributed by atoms with Gasteiger partial charge >= 0.3 is 0 Å². The normalized spacial score (nSPS) is 11.5. The zero-order chi connectivity index (χ0) is 22.1. The SMILES string of the molecule is CCCCCc1ccc(-c2cc3oc4cc(OCC)c(F)c(F)c4c3c(F)c2F)cc1. The van der Waals surface area contributed by atoms with E-state index in [-0.39, 0.29) is 29.1 Å². The Morgan fingerprint density at radius 1 is 0.774 bits per heavy atom. The minimum Gasteiger partial charge on any atom is -0.491 e. The summed E-state index contributed by atoms with van der Waals surface area (Å²) in [6, 6.07) is 9.68. The van der Waals surface area contributed by atoms with E-state index in [4.69, 9.17) is 9.15 Å². The minimum atomic E-state index is -1.33. The molecule has 6 heteroatoms. The lowest BCUT2D eigenvalue weighted by Gasteiger charge is -2.07. The first-order valence-electron chi connectivity index (χ1n) is 10.4. The third kappa shape index (κ3) is 3.75. The number of aryl methyl sites for hydroxylation is 1. The molecule has 0 unspecified atom stereocenters. The van der Waals surface area contributed by atoms with Gasteiger partial charge in [0.15, 0.2) is 23.2 Å². The first-order chi connectivity index (χ1) is 15.0. The lowest BCUT2D eigenvalue weighted by atomic mass is 9.99. The molecule has 0 aliphatic heterocycles. The number of furan rings is 1. The van der Waals surface area contributed by atoms with Crippen molar-refractivity contribution >= 4 is 21.9 Å². The van der Waals surface area contributed by atoms with Gasteiger partial charge in [-0.3, -0.25) is 0 Å². The Balaban J connectivity index is 1.82. The van der Waals surface area contributed by atoms with E-state index in [2.05, 4.69) is 6.92 Å². The van der Waals surface area contributed by atoms with Crippen LogP contribution in [0.1, 0.15) is 38.7 Å². The molecule has 0 amide bonds. The average molecular weight is 430 g/mol. The van der Waals surface area contributed by atoms with E-state index in [0.717, 1.165) is 37.3 Å². The summed E-state index contributed by atoms with van der Waals surface area (Å²) in [4.78, 5) is 0. The van der Waals surface area contributed by atoms with Gasteiger partial charge in [0.2, 0.25) is 5.82 Å². The van der Waals surface area contributed by atoms with Gasteiger partial charge in [-0.05, 0) is 37.0 Å². The Labute approximate surface area is 177 Å². The largest absolute Gasteiger partial charge is 0.491 e. The molecule has 1 aromatic heterocycles. The third-order valence-electron chi connectivity index (χ3n) is 5.41. The molecule has 31 heavy (non-hydrogen) atoms. The summed E-state index contributed by atoms with van der Waals surface area (Å²) < 4.78 is 69.5. The molecule has 0 spiro atoms. The maximum absolute atomic E-state index is 15.0. The molecule has 4 aromatic rings.